The van der Waals surface area contributed by atoms with E-state index in [1.807, 2.05) is 6.07 Å². The highest BCUT2D eigenvalue weighted by atomic mass is 16.1. The molecule has 1 aliphatic rings. The Morgan fingerprint density at radius 1 is 1.03 bits per heavy atom. The van der Waals surface area contributed by atoms with Gasteiger partial charge < -0.3 is 10.2 Å². The van der Waals surface area contributed by atoms with Gasteiger partial charge in [-0.3, -0.25) is 14.2 Å². The lowest BCUT2D eigenvalue weighted by molar-refractivity contribution is -0.114. The van der Waals surface area contributed by atoms with Gasteiger partial charge in [0.15, 0.2) is 0 Å². The van der Waals surface area contributed by atoms with Crippen molar-refractivity contribution in [2.45, 2.75) is 19.9 Å². The molecule has 31 heavy (non-hydrogen) atoms. The second-order valence-corrected chi connectivity index (χ2v) is 7.63. The van der Waals surface area contributed by atoms with Crippen LogP contribution in [0.2, 0.25) is 0 Å². The number of pyridine rings is 1. The summed E-state index contributed by atoms with van der Waals surface area (Å²) in [6.07, 6.45) is 4.29. The van der Waals surface area contributed by atoms with Gasteiger partial charge in [0, 0.05) is 43.8 Å². The number of anilines is 2. The zero-order chi connectivity index (χ0) is 21.4. The standard InChI is InChI=1S/C24H21N5O2/c1-16(30)26-19-6-8-20(9-7-19)29-13-11-22-21(23(29)31)14-25-24(27-22)28-12-10-17-4-2-3-5-18(17)15-28/h2-9,11,13-14H,10,12,15H2,1H3,(H,26,30). The van der Waals surface area contributed by atoms with Crippen LogP contribution in [0.1, 0.15) is 18.1 Å². The van der Waals surface area contributed by atoms with E-state index >= 15 is 0 Å². The number of nitrogens with zero attached hydrogens (tertiary/aromatic N) is 4. The van der Waals surface area contributed by atoms with Gasteiger partial charge >= 0.3 is 0 Å². The van der Waals surface area contributed by atoms with Crippen molar-refractivity contribution < 1.29 is 4.79 Å². The number of hydrogen-bond donors (Lipinski definition) is 1. The molecular weight excluding hydrogens is 390 g/mol. The molecule has 0 fully saturated rings. The first-order valence-electron chi connectivity index (χ1n) is 10.2. The van der Waals surface area contributed by atoms with Crippen molar-refractivity contribution in [1.29, 1.82) is 0 Å². The second-order valence-electron chi connectivity index (χ2n) is 7.63. The van der Waals surface area contributed by atoms with E-state index in [1.165, 1.54) is 18.1 Å². The van der Waals surface area contributed by atoms with Gasteiger partial charge in [-0.15, -0.1) is 0 Å². The Balaban J connectivity index is 1.45. The van der Waals surface area contributed by atoms with Crippen molar-refractivity contribution in [3.05, 3.63) is 88.5 Å². The Kier molecular flexibility index (Phi) is 4.71. The molecule has 0 spiro atoms. The first-order chi connectivity index (χ1) is 15.1. The average molecular weight is 411 g/mol. The predicted octanol–water partition coefficient (Wildman–Crippen LogP) is 3.30. The van der Waals surface area contributed by atoms with E-state index in [4.69, 9.17) is 0 Å². The number of rotatable bonds is 3. The summed E-state index contributed by atoms with van der Waals surface area (Å²) in [4.78, 5) is 35.5. The molecule has 2 aromatic heterocycles. The van der Waals surface area contributed by atoms with Gasteiger partial charge in [0.05, 0.1) is 10.9 Å². The number of fused-ring (bicyclic) bond motifs is 2. The molecule has 3 heterocycles. The maximum absolute atomic E-state index is 13.0. The van der Waals surface area contributed by atoms with Crippen LogP contribution in [0.15, 0.2) is 71.8 Å². The molecule has 2 aromatic carbocycles. The summed E-state index contributed by atoms with van der Waals surface area (Å²) in [6, 6.07) is 17.4. The minimum atomic E-state index is -0.180. The Bertz CT molecular complexity index is 1340. The van der Waals surface area contributed by atoms with Crippen molar-refractivity contribution in [3.63, 3.8) is 0 Å². The van der Waals surface area contributed by atoms with E-state index in [2.05, 4.69) is 44.5 Å². The molecule has 0 atom stereocenters. The Morgan fingerprint density at radius 2 is 1.81 bits per heavy atom. The fraction of sp³-hybridized carbons (Fsp3) is 0.167. The van der Waals surface area contributed by atoms with Crippen molar-refractivity contribution in [3.8, 4) is 5.69 Å². The molecule has 5 rings (SSSR count). The minimum Gasteiger partial charge on any atom is -0.336 e. The summed E-state index contributed by atoms with van der Waals surface area (Å²) in [5.41, 5.74) is 4.49. The van der Waals surface area contributed by atoms with Gasteiger partial charge in [-0.1, -0.05) is 24.3 Å². The van der Waals surface area contributed by atoms with Crippen LogP contribution < -0.4 is 15.8 Å². The summed E-state index contributed by atoms with van der Waals surface area (Å²) in [7, 11) is 0. The normalized spacial score (nSPS) is 13.1. The topological polar surface area (TPSA) is 80.1 Å². The summed E-state index contributed by atoms with van der Waals surface area (Å²) in [5, 5.41) is 3.19. The smallest absolute Gasteiger partial charge is 0.266 e. The summed E-state index contributed by atoms with van der Waals surface area (Å²) >= 11 is 0. The molecule has 154 valence electrons. The number of nitrogens with one attached hydrogen (secondary N) is 1. The molecule has 4 aromatic rings. The molecule has 7 heteroatoms. The fourth-order valence-corrected chi connectivity index (χ4v) is 3.95. The lowest BCUT2D eigenvalue weighted by Crippen LogP contribution is -2.31. The van der Waals surface area contributed by atoms with E-state index in [1.54, 1.807) is 41.2 Å². The van der Waals surface area contributed by atoms with Gasteiger partial charge in [0.25, 0.3) is 5.56 Å². The number of hydrogen-bond acceptors (Lipinski definition) is 5. The second kappa shape index (κ2) is 7.68. The van der Waals surface area contributed by atoms with E-state index < -0.39 is 0 Å². The van der Waals surface area contributed by atoms with Crippen LogP contribution in [-0.4, -0.2) is 27.0 Å². The van der Waals surface area contributed by atoms with Crippen molar-refractivity contribution in [2.75, 3.05) is 16.8 Å². The quantitative estimate of drug-likeness (QED) is 0.560. The van der Waals surface area contributed by atoms with Gasteiger partial charge in [0.1, 0.15) is 0 Å². The molecule has 0 radical (unpaired) electrons. The van der Waals surface area contributed by atoms with Gasteiger partial charge in [-0.2, -0.15) is 0 Å². The first-order valence-corrected chi connectivity index (χ1v) is 10.2. The molecule has 0 bridgehead atoms. The molecule has 1 amide bonds. The zero-order valence-electron chi connectivity index (χ0n) is 17.1. The highest BCUT2D eigenvalue weighted by molar-refractivity contribution is 5.88. The minimum absolute atomic E-state index is 0.138. The van der Waals surface area contributed by atoms with Crippen LogP contribution in [0.25, 0.3) is 16.6 Å². The molecule has 0 aliphatic carbocycles. The molecule has 1 N–H and O–H groups in total. The van der Waals surface area contributed by atoms with Crippen LogP contribution in [0.3, 0.4) is 0 Å². The first kappa shape index (κ1) is 19.0. The van der Waals surface area contributed by atoms with Crippen LogP contribution >= 0.6 is 0 Å². The van der Waals surface area contributed by atoms with Crippen LogP contribution in [0.4, 0.5) is 11.6 Å². The SMILES string of the molecule is CC(=O)Nc1ccc(-n2ccc3nc(N4CCc5ccccc5C4)ncc3c2=O)cc1. The van der Waals surface area contributed by atoms with Crippen molar-refractivity contribution in [2.24, 2.45) is 0 Å². The lowest BCUT2D eigenvalue weighted by atomic mass is 10.0. The average Bonchev–Trinajstić information content (AvgIpc) is 2.79. The molecular formula is C24H21N5O2. The van der Waals surface area contributed by atoms with E-state index in [0.29, 0.717) is 28.2 Å². The predicted molar refractivity (Wildman–Crippen MR) is 121 cm³/mol. The molecule has 1 aliphatic heterocycles. The highest BCUT2D eigenvalue weighted by Gasteiger charge is 2.19. The number of benzene rings is 2. The highest BCUT2D eigenvalue weighted by Crippen LogP contribution is 2.23. The van der Waals surface area contributed by atoms with Gasteiger partial charge in [-0.25, -0.2) is 9.97 Å². The van der Waals surface area contributed by atoms with Gasteiger partial charge in [-0.05, 0) is 47.9 Å². The third-order valence-corrected chi connectivity index (χ3v) is 5.52. The van der Waals surface area contributed by atoms with E-state index in [9.17, 15) is 9.59 Å². The molecule has 0 unspecified atom stereocenters. The van der Waals surface area contributed by atoms with Crippen molar-refractivity contribution in [1.82, 2.24) is 14.5 Å². The third kappa shape index (κ3) is 3.66. The van der Waals surface area contributed by atoms with Crippen LogP contribution in [0.5, 0.6) is 0 Å². The zero-order valence-corrected chi connectivity index (χ0v) is 17.1. The van der Waals surface area contributed by atoms with Crippen LogP contribution in [-0.2, 0) is 17.8 Å². The van der Waals surface area contributed by atoms with Crippen molar-refractivity contribution >= 4 is 28.4 Å². The maximum Gasteiger partial charge on any atom is 0.266 e. The molecule has 7 nitrogen and oxygen atoms in total. The summed E-state index contributed by atoms with van der Waals surface area (Å²) in [6.45, 7) is 3.07. The van der Waals surface area contributed by atoms with Crippen LogP contribution in [0, 0.1) is 0 Å². The molecule has 0 saturated carbocycles. The summed E-state index contributed by atoms with van der Waals surface area (Å²) in [5.74, 6) is 0.500. The lowest BCUT2D eigenvalue weighted by Gasteiger charge is -2.28. The Labute approximate surface area is 179 Å². The van der Waals surface area contributed by atoms with E-state index in [0.717, 1.165) is 19.5 Å². The third-order valence-electron chi connectivity index (χ3n) is 5.52. The number of amides is 1. The van der Waals surface area contributed by atoms with Gasteiger partial charge in [0.2, 0.25) is 11.9 Å². The number of carbonyl (C=O) groups excluding carboxylic acids is 1. The fourth-order valence-electron chi connectivity index (χ4n) is 3.95. The Hall–Kier alpha value is -4.00. The van der Waals surface area contributed by atoms with E-state index in [-0.39, 0.29) is 11.5 Å². The monoisotopic (exact) mass is 411 g/mol. The number of carbonyl (C=O) groups is 1. The largest absolute Gasteiger partial charge is 0.336 e. The summed E-state index contributed by atoms with van der Waals surface area (Å²) < 4.78 is 1.56. The Morgan fingerprint density at radius 3 is 2.58 bits per heavy atom. The maximum atomic E-state index is 13.0. The number of aromatic nitrogens is 3. The molecule has 0 saturated heterocycles.